The summed E-state index contributed by atoms with van der Waals surface area (Å²) in [5.41, 5.74) is -2.74. The third-order valence-corrected chi connectivity index (χ3v) is 1.95. The Hall–Kier alpha value is -3.26. The zero-order valence-electron chi connectivity index (χ0n) is 13.2. The summed E-state index contributed by atoms with van der Waals surface area (Å²) in [4.78, 5) is 58.8. The van der Waals surface area contributed by atoms with Crippen molar-refractivity contribution in [3.8, 4) is 0 Å². The van der Waals surface area contributed by atoms with Crippen molar-refractivity contribution in [1.29, 1.82) is 0 Å². The zero-order chi connectivity index (χ0) is 21.7. The number of carboxylic acids is 6. The molecule has 1 atom stereocenters. The van der Waals surface area contributed by atoms with E-state index in [9.17, 15) is 28.8 Å². The summed E-state index contributed by atoms with van der Waals surface area (Å²) in [5.74, 6) is -8.83. The largest absolute Gasteiger partial charge is 0.481 e. The molecule has 150 valence electrons. The Morgan fingerprint density at radius 1 is 0.731 bits per heavy atom. The molecule has 0 radical (unpaired) electrons. The Morgan fingerprint density at radius 2 is 1.00 bits per heavy atom. The fourth-order valence-electron chi connectivity index (χ4n) is 0.843. The van der Waals surface area contributed by atoms with E-state index in [0.717, 1.165) is 0 Å². The van der Waals surface area contributed by atoms with Crippen LogP contribution in [0.4, 0.5) is 0 Å². The molecule has 0 heterocycles. The second kappa shape index (κ2) is 13.1. The molecule has 0 saturated carbocycles. The smallest absolute Gasteiger partial charge is 0.336 e. The lowest BCUT2D eigenvalue weighted by atomic mass is 9.96. The fraction of sp³-hybridized carbons (Fsp3) is 0.500. The van der Waals surface area contributed by atoms with E-state index >= 15 is 0 Å². The zero-order valence-corrected chi connectivity index (χ0v) is 13.2. The van der Waals surface area contributed by atoms with Gasteiger partial charge in [-0.1, -0.05) is 0 Å². The summed E-state index contributed by atoms with van der Waals surface area (Å²) in [5, 5.41) is 65.0. The number of carbonyl (C=O) groups is 6. The van der Waals surface area contributed by atoms with Gasteiger partial charge >= 0.3 is 35.8 Å². The Bertz CT molecular complexity index is 506. The lowest BCUT2D eigenvalue weighted by Crippen LogP contribution is -2.42. The summed E-state index contributed by atoms with van der Waals surface area (Å²) in [6.45, 7) is 1.20. The molecule has 26 heavy (non-hydrogen) atoms. The van der Waals surface area contributed by atoms with Gasteiger partial charge in [0, 0.05) is 0 Å². The molecule has 0 aromatic rings. The maximum Gasteiger partial charge on any atom is 0.336 e. The topological polar surface area (TPSA) is 264 Å². The van der Waals surface area contributed by atoms with Crippen molar-refractivity contribution >= 4 is 35.8 Å². The van der Waals surface area contributed by atoms with E-state index < -0.39 is 66.8 Å². The molecule has 0 spiro atoms. The van der Waals surface area contributed by atoms with Crippen molar-refractivity contribution in [1.82, 2.24) is 0 Å². The third-order valence-electron chi connectivity index (χ3n) is 1.95. The average molecular weight is 386 g/mol. The number of hydrogen-bond acceptors (Lipinski definition) is 8. The molecule has 0 aromatic carbocycles. The highest BCUT2D eigenvalue weighted by Gasteiger charge is 2.40. The summed E-state index contributed by atoms with van der Waals surface area (Å²) >= 11 is 0. The van der Waals surface area contributed by atoms with E-state index in [1.807, 2.05) is 0 Å². The molecule has 8 N–H and O–H groups in total. The molecule has 14 heteroatoms. The van der Waals surface area contributed by atoms with Crippen LogP contribution >= 0.6 is 0 Å². The Balaban J connectivity index is -0.000000342. The molecule has 0 aliphatic rings. The maximum absolute atomic E-state index is 10.3. The van der Waals surface area contributed by atoms with Gasteiger partial charge in [0.2, 0.25) is 0 Å². The van der Waals surface area contributed by atoms with Crippen molar-refractivity contribution in [3.05, 3.63) is 0 Å². The lowest BCUT2D eigenvalue weighted by molar-refractivity contribution is -0.170. The molecule has 0 rings (SSSR count). The number of hydrogen-bond donors (Lipinski definition) is 8. The number of aliphatic hydroxyl groups excluding tert-OH is 1. The maximum atomic E-state index is 10.3. The summed E-state index contributed by atoms with van der Waals surface area (Å²) in [6, 6.07) is 0. The normalized spacial score (nSPS) is 10.7. The Kier molecular flexibility index (Phi) is 13.9. The van der Waals surface area contributed by atoms with Gasteiger partial charge in [-0.05, 0) is 6.92 Å². The van der Waals surface area contributed by atoms with Crippen LogP contribution in [0.5, 0.6) is 0 Å². The van der Waals surface area contributed by atoms with Gasteiger partial charge < -0.3 is 40.9 Å². The average Bonchev–Trinajstić information content (AvgIpc) is 2.35. The van der Waals surface area contributed by atoms with Crippen LogP contribution in [-0.4, -0.2) is 88.4 Å². The third kappa shape index (κ3) is 18.8. The van der Waals surface area contributed by atoms with Crippen LogP contribution in [0, 0.1) is 0 Å². The van der Waals surface area contributed by atoms with Crippen LogP contribution in [0.15, 0.2) is 0 Å². The van der Waals surface area contributed by atoms with Gasteiger partial charge in [0.1, 0.15) is 12.5 Å². The van der Waals surface area contributed by atoms with Crippen LogP contribution in [0.2, 0.25) is 0 Å². The molecule has 0 bridgehead atoms. The van der Waals surface area contributed by atoms with Crippen LogP contribution in [0.1, 0.15) is 26.2 Å². The summed E-state index contributed by atoms with van der Waals surface area (Å²) in [7, 11) is 0. The monoisotopic (exact) mass is 386 g/mol. The van der Waals surface area contributed by atoms with Crippen molar-refractivity contribution < 1.29 is 69.6 Å². The second-order valence-corrected chi connectivity index (χ2v) is 4.46. The predicted molar refractivity (Wildman–Crippen MR) is 76.3 cm³/mol. The number of aliphatic hydroxyl groups is 2. The standard InChI is InChI=1S/C6H8O7.C3H4O4.C3H6O3/c7-3(8)1-6(13,5(11)12)2-4(9)10;4-2(5)1-3(6)7;1-2(4)3(5)6/h13H,1-2H2,(H,7,8)(H,9,10)(H,11,12);1H2,(H,4,5)(H,6,7);2,4H,1H3,(H,5,6). The van der Waals surface area contributed by atoms with Gasteiger partial charge in [-0.25, -0.2) is 9.59 Å². The van der Waals surface area contributed by atoms with Gasteiger partial charge in [-0.2, -0.15) is 0 Å². The molecule has 0 fully saturated rings. The number of carboxylic acid groups (broad SMARTS) is 6. The highest BCUT2D eigenvalue weighted by atomic mass is 16.4. The van der Waals surface area contributed by atoms with Crippen LogP contribution in [0.3, 0.4) is 0 Å². The first kappa shape index (κ1) is 27.6. The molecule has 14 nitrogen and oxygen atoms in total. The summed E-state index contributed by atoms with van der Waals surface area (Å²) < 4.78 is 0. The van der Waals surface area contributed by atoms with Gasteiger partial charge in [0.25, 0.3) is 0 Å². The quantitative estimate of drug-likeness (QED) is 0.205. The van der Waals surface area contributed by atoms with Crippen molar-refractivity contribution in [2.45, 2.75) is 37.9 Å². The molecule has 1 unspecified atom stereocenters. The van der Waals surface area contributed by atoms with Crippen LogP contribution in [0.25, 0.3) is 0 Å². The SMILES string of the molecule is CC(O)C(=O)O.O=C(O)CC(=O)O.O=C(O)CC(O)(CC(=O)O)C(=O)O. The molecular weight excluding hydrogens is 368 g/mol. The first-order valence-electron chi connectivity index (χ1n) is 6.29. The summed E-state index contributed by atoms with van der Waals surface area (Å²) in [6.07, 6.45) is -4.33. The van der Waals surface area contributed by atoms with Gasteiger partial charge in [0.05, 0.1) is 12.8 Å². The molecule has 0 aliphatic carbocycles. The molecule has 0 saturated heterocycles. The van der Waals surface area contributed by atoms with Gasteiger partial charge in [0.15, 0.2) is 5.60 Å². The minimum Gasteiger partial charge on any atom is -0.481 e. The molecule has 0 aromatic heterocycles. The van der Waals surface area contributed by atoms with E-state index in [-0.39, 0.29) is 0 Å². The highest BCUT2D eigenvalue weighted by molar-refractivity contribution is 5.89. The molecular formula is C12H18O14. The van der Waals surface area contributed by atoms with E-state index in [1.165, 1.54) is 6.92 Å². The second-order valence-electron chi connectivity index (χ2n) is 4.46. The van der Waals surface area contributed by atoms with Crippen molar-refractivity contribution in [2.24, 2.45) is 0 Å². The fourth-order valence-corrected chi connectivity index (χ4v) is 0.843. The number of aliphatic carboxylic acids is 6. The Labute approximate surface area is 144 Å². The van der Waals surface area contributed by atoms with E-state index in [2.05, 4.69) is 0 Å². The van der Waals surface area contributed by atoms with Crippen LogP contribution < -0.4 is 0 Å². The highest BCUT2D eigenvalue weighted by Crippen LogP contribution is 2.15. The predicted octanol–water partition coefficient (Wildman–Crippen LogP) is -2.25. The minimum absolute atomic E-state index is 0.806. The minimum atomic E-state index is -2.74. The Morgan fingerprint density at radius 3 is 1.08 bits per heavy atom. The van der Waals surface area contributed by atoms with Crippen LogP contribution in [-0.2, 0) is 28.8 Å². The van der Waals surface area contributed by atoms with E-state index in [1.54, 1.807) is 0 Å². The first-order valence-corrected chi connectivity index (χ1v) is 6.29. The van der Waals surface area contributed by atoms with Gasteiger partial charge in [-0.3, -0.25) is 19.2 Å². The molecule has 0 aliphatic heterocycles. The molecule has 0 amide bonds. The van der Waals surface area contributed by atoms with E-state index in [0.29, 0.717) is 0 Å². The number of rotatable bonds is 8. The van der Waals surface area contributed by atoms with Crippen molar-refractivity contribution in [2.75, 3.05) is 0 Å². The van der Waals surface area contributed by atoms with Crippen molar-refractivity contribution in [3.63, 3.8) is 0 Å². The van der Waals surface area contributed by atoms with E-state index in [4.69, 9.17) is 40.9 Å². The van der Waals surface area contributed by atoms with Gasteiger partial charge in [-0.15, -0.1) is 0 Å². The first-order chi connectivity index (χ1) is 11.5. The lowest BCUT2D eigenvalue weighted by Gasteiger charge is -2.18.